The van der Waals surface area contributed by atoms with Crippen LogP contribution in [0.4, 0.5) is 0 Å². The third-order valence-corrected chi connectivity index (χ3v) is 10.7. The molecule has 0 spiro atoms. The second-order valence-electron chi connectivity index (χ2n) is 12.2. The zero-order chi connectivity index (χ0) is 21.0. The topological polar surface area (TPSA) is 20.2 Å². The van der Waals surface area contributed by atoms with Gasteiger partial charge in [0.1, 0.15) is 0 Å². The summed E-state index contributed by atoms with van der Waals surface area (Å²) < 4.78 is 0. The van der Waals surface area contributed by atoms with E-state index in [9.17, 15) is 5.11 Å². The number of aliphatic hydroxyl groups is 1. The average Bonchev–Trinajstić information content (AvgIpc) is 3.03. The van der Waals surface area contributed by atoms with Crippen LogP contribution >= 0.6 is 0 Å². The van der Waals surface area contributed by atoms with Gasteiger partial charge < -0.3 is 5.11 Å². The van der Waals surface area contributed by atoms with E-state index in [1.54, 1.807) is 0 Å². The monoisotopic (exact) mass is 414 g/mol. The molecule has 4 aliphatic carbocycles. The number of allylic oxidation sites excluding steroid dienone is 3. The van der Waals surface area contributed by atoms with Gasteiger partial charge in [0, 0.05) is 0 Å². The zero-order valence-electron chi connectivity index (χ0n) is 19.8. The molecule has 1 heteroatoms. The lowest BCUT2D eigenvalue weighted by Crippen LogP contribution is -2.49. The Morgan fingerprint density at radius 1 is 1.07 bits per heavy atom. The van der Waals surface area contributed by atoms with Gasteiger partial charge in [0.25, 0.3) is 0 Å². The third kappa shape index (κ3) is 3.87. The molecular formula is C29H50O. The van der Waals surface area contributed by atoms with Crippen molar-refractivity contribution in [2.24, 2.45) is 46.3 Å². The van der Waals surface area contributed by atoms with E-state index in [0.29, 0.717) is 22.7 Å². The van der Waals surface area contributed by atoms with Crippen molar-refractivity contribution in [1.29, 1.82) is 0 Å². The number of hydrogen-bond acceptors (Lipinski definition) is 1. The maximum atomic E-state index is 10.2. The second-order valence-corrected chi connectivity index (χ2v) is 12.2. The number of hydrogen-bond donors (Lipinski definition) is 1. The second kappa shape index (κ2) is 8.76. The van der Waals surface area contributed by atoms with Crippen LogP contribution in [-0.2, 0) is 0 Å². The van der Waals surface area contributed by atoms with Crippen LogP contribution < -0.4 is 0 Å². The van der Waals surface area contributed by atoms with Gasteiger partial charge in [-0.2, -0.15) is 0 Å². The van der Waals surface area contributed by atoms with Crippen molar-refractivity contribution in [3.8, 4) is 0 Å². The first-order valence-corrected chi connectivity index (χ1v) is 12.7. The number of fused-ring (bicyclic) bond motifs is 5. The summed E-state index contributed by atoms with van der Waals surface area (Å²) in [4.78, 5) is 0. The largest absolute Gasteiger partial charge is 0.393 e. The summed E-state index contributed by atoms with van der Waals surface area (Å²) in [5.74, 6) is 4.73. The lowest BCUT2D eigenvalue weighted by molar-refractivity contribution is -0.0428. The summed E-state index contributed by atoms with van der Waals surface area (Å²) in [5.41, 5.74) is 4.18. The quantitative estimate of drug-likeness (QED) is 0.449. The molecule has 0 heterocycles. The molecule has 0 amide bonds. The summed E-state index contributed by atoms with van der Waals surface area (Å²) in [5, 5.41) is 10.2. The Labute approximate surface area is 187 Å². The van der Waals surface area contributed by atoms with Crippen LogP contribution in [0.5, 0.6) is 0 Å². The van der Waals surface area contributed by atoms with Crippen LogP contribution in [0.2, 0.25) is 0 Å². The van der Waals surface area contributed by atoms with Crippen LogP contribution in [0.15, 0.2) is 23.8 Å². The highest BCUT2D eigenvalue weighted by Crippen LogP contribution is 2.66. The molecule has 0 radical (unpaired) electrons. The van der Waals surface area contributed by atoms with Crippen LogP contribution in [0.3, 0.4) is 0 Å². The van der Waals surface area contributed by atoms with Crippen molar-refractivity contribution in [3.63, 3.8) is 0 Å². The van der Waals surface area contributed by atoms with Gasteiger partial charge in [-0.1, -0.05) is 58.9 Å². The first kappa shape index (κ1) is 24.1. The maximum absolute atomic E-state index is 10.2. The molecule has 0 saturated heterocycles. The Morgan fingerprint density at radius 3 is 2.43 bits per heavy atom. The molecule has 172 valence electrons. The van der Waals surface area contributed by atoms with Gasteiger partial charge in [0.05, 0.1) is 6.10 Å². The van der Waals surface area contributed by atoms with E-state index in [-0.39, 0.29) is 13.5 Å². The van der Waals surface area contributed by atoms with Crippen LogP contribution in [0.25, 0.3) is 0 Å². The van der Waals surface area contributed by atoms with E-state index >= 15 is 0 Å². The van der Waals surface area contributed by atoms with E-state index in [0.717, 1.165) is 36.5 Å². The van der Waals surface area contributed by atoms with Gasteiger partial charge in [-0.15, -0.1) is 0 Å². The summed E-state index contributed by atoms with van der Waals surface area (Å²) in [6.45, 7) is 16.5. The summed E-state index contributed by atoms with van der Waals surface area (Å²) in [6, 6.07) is 0. The molecule has 30 heavy (non-hydrogen) atoms. The molecule has 4 rings (SSSR count). The van der Waals surface area contributed by atoms with Crippen molar-refractivity contribution < 1.29 is 5.11 Å². The van der Waals surface area contributed by atoms with Gasteiger partial charge in [-0.05, 0) is 117 Å². The standard InChI is InChI=1S/C28H46O.CH4/c1-18(2)19(3)7-8-20(4)24-11-12-25-23-10-9-21-17-22(29)13-15-27(21,5)26(23)14-16-28(24,25)6;/h10,19-22,24-26,29H,1,7-9,11-17H2,2-6H3;1H4/t19-,20+,21-,22-,24?,25-,26-,27-,28+;/m0./s1. The van der Waals surface area contributed by atoms with Crippen molar-refractivity contribution >= 4 is 0 Å². The fourth-order valence-electron chi connectivity index (χ4n) is 8.43. The molecule has 3 saturated carbocycles. The van der Waals surface area contributed by atoms with Gasteiger partial charge >= 0.3 is 0 Å². The van der Waals surface area contributed by atoms with E-state index in [4.69, 9.17) is 0 Å². The minimum atomic E-state index is -0.0461. The molecule has 1 unspecified atom stereocenters. The Balaban J connectivity index is 0.00000256. The van der Waals surface area contributed by atoms with Crippen molar-refractivity contribution in [1.82, 2.24) is 0 Å². The van der Waals surface area contributed by atoms with E-state index < -0.39 is 0 Å². The molecular weight excluding hydrogens is 364 g/mol. The van der Waals surface area contributed by atoms with Gasteiger partial charge in [-0.3, -0.25) is 0 Å². The smallest absolute Gasteiger partial charge is 0.0543 e. The van der Waals surface area contributed by atoms with E-state index in [1.807, 2.05) is 5.57 Å². The summed E-state index contributed by atoms with van der Waals surface area (Å²) in [6.07, 6.45) is 15.5. The molecule has 1 nitrogen and oxygen atoms in total. The first-order valence-electron chi connectivity index (χ1n) is 12.7. The minimum Gasteiger partial charge on any atom is -0.393 e. The summed E-state index contributed by atoms with van der Waals surface area (Å²) >= 11 is 0. The van der Waals surface area contributed by atoms with E-state index in [2.05, 4.69) is 47.3 Å². The highest BCUT2D eigenvalue weighted by Gasteiger charge is 2.58. The average molecular weight is 415 g/mol. The SMILES string of the molecule is C.C=C(C)[C@@H](C)CC[C@@H](C)C1CC[C@H]2C3=CC[C@H]4C[C@@H](O)CC[C@]4(C)[C@H]3CC[C@]12C. The Hall–Kier alpha value is -0.560. The Bertz CT molecular complexity index is 661. The lowest BCUT2D eigenvalue weighted by Gasteiger charge is -2.57. The van der Waals surface area contributed by atoms with Crippen molar-refractivity contribution in [3.05, 3.63) is 23.8 Å². The molecule has 0 bridgehead atoms. The minimum absolute atomic E-state index is 0. The number of aliphatic hydroxyl groups excluding tert-OH is 1. The zero-order valence-corrected chi connectivity index (χ0v) is 19.8. The lowest BCUT2D eigenvalue weighted by atomic mass is 9.47. The normalized spacial score (nSPS) is 44.6. The summed E-state index contributed by atoms with van der Waals surface area (Å²) in [7, 11) is 0. The van der Waals surface area contributed by atoms with Crippen LogP contribution in [0, 0.1) is 46.3 Å². The molecule has 1 N–H and O–H groups in total. The highest BCUT2D eigenvalue weighted by atomic mass is 16.3. The molecule has 9 atom stereocenters. The highest BCUT2D eigenvalue weighted by molar-refractivity contribution is 5.27. The molecule has 0 aromatic rings. The number of rotatable bonds is 5. The molecule has 0 aromatic heterocycles. The Morgan fingerprint density at radius 2 is 1.73 bits per heavy atom. The van der Waals surface area contributed by atoms with Gasteiger partial charge in [-0.25, -0.2) is 0 Å². The molecule has 0 aromatic carbocycles. The fourth-order valence-corrected chi connectivity index (χ4v) is 8.43. The molecule has 4 aliphatic rings. The maximum Gasteiger partial charge on any atom is 0.0543 e. The van der Waals surface area contributed by atoms with Gasteiger partial charge in [0.15, 0.2) is 0 Å². The Kier molecular flexibility index (Phi) is 7.03. The predicted molar refractivity (Wildman–Crippen MR) is 130 cm³/mol. The van der Waals surface area contributed by atoms with Crippen molar-refractivity contribution in [2.75, 3.05) is 0 Å². The third-order valence-electron chi connectivity index (χ3n) is 10.7. The molecule has 0 aliphatic heterocycles. The predicted octanol–water partition coefficient (Wildman–Crippen LogP) is 8.19. The van der Waals surface area contributed by atoms with Crippen molar-refractivity contribution in [2.45, 2.75) is 112 Å². The first-order chi connectivity index (χ1) is 13.7. The fraction of sp³-hybridized carbons (Fsp3) is 0.862. The van der Waals surface area contributed by atoms with E-state index in [1.165, 1.54) is 56.9 Å². The van der Waals surface area contributed by atoms with Crippen LogP contribution in [0.1, 0.15) is 106 Å². The molecule has 3 fully saturated rings. The van der Waals surface area contributed by atoms with Gasteiger partial charge in [0.2, 0.25) is 0 Å². The van der Waals surface area contributed by atoms with Crippen LogP contribution in [-0.4, -0.2) is 11.2 Å².